The molecule has 0 aliphatic heterocycles. The highest BCUT2D eigenvalue weighted by atomic mass is 16.5. The summed E-state index contributed by atoms with van der Waals surface area (Å²) < 4.78 is 5.55. The Bertz CT molecular complexity index is 608. The maximum atomic E-state index is 11.1. The summed E-state index contributed by atoms with van der Waals surface area (Å²) in [4.78, 5) is 15.4. The number of aromatic nitrogens is 1. The summed E-state index contributed by atoms with van der Waals surface area (Å²) in [7, 11) is 0. The summed E-state index contributed by atoms with van der Waals surface area (Å²) >= 11 is 0. The lowest BCUT2D eigenvalue weighted by Crippen LogP contribution is -2.23. The molecule has 4 nitrogen and oxygen atoms in total. The Morgan fingerprint density at radius 3 is 2.62 bits per heavy atom. The molecule has 1 atom stereocenters. The van der Waals surface area contributed by atoms with E-state index in [1.54, 1.807) is 6.20 Å². The van der Waals surface area contributed by atoms with E-state index in [9.17, 15) is 4.79 Å². The normalized spacial score (nSPS) is 11.8. The van der Waals surface area contributed by atoms with Crippen molar-refractivity contribution in [3.8, 4) is 17.0 Å². The zero-order valence-electron chi connectivity index (χ0n) is 12.6. The SMILES string of the molecule is CCOc1ncccc1-c1ccc([C@H](C)NC(C)=O)cc1. The highest BCUT2D eigenvalue weighted by Gasteiger charge is 2.09. The van der Waals surface area contributed by atoms with Gasteiger partial charge in [-0.05, 0) is 37.1 Å². The number of pyridine rings is 1. The van der Waals surface area contributed by atoms with Crippen molar-refractivity contribution < 1.29 is 9.53 Å². The minimum atomic E-state index is -0.0301. The molecule has 0 saturated carbocycles. The van der Waals surface area contributed by atoms with Crippen LogP contribution in [0.5, 0.6) is 5.88 Å². The van der Waals surface area contributed by atoms with E-state index in [-0.39, 0.29) is 11.9 Å². The number of hydrogen-bond donors (Lipinski definition) is 1. The second-order valence-electron chi connectivity index (χ2n) is 4.83. The Balaban J connectivity index is 2.25. The molecule has 0 aliphatic rings. The summed E-state index contributed by atoms with van der Waals surface area (Å²) in [6.45, 7) is 6.01. The largest absolute Gasteiger partial charge is 0.478 e. The third-order valence-corrected chi connectivity index (χ3v) is 3.19. The maximum absolute atomic E-state index is 11.1. The minimum absolute atomic E-state index is 0.00295. The average Bonchev–Trinajstić information content (AvgIpc) is 2.48. The van der Waals surface area contributed by atoms with Gasteiger partial charge in [-0.3, -0.25) is 4.79 Å². The number of benzene rings is 1. The zero-order valence-corrected chi connectivity index (χ0v) is 12.6. The Morgan fingerprint density at radius 1 is 1.29 bits per heavy atom. The van der Waals surface area contributed by atoms with Crippen molar-refractivity contribution in [2.75, 3.05) is 6.61 Å². The molecule has 1 aromatic heterocycles. The standard InChI is InChI=1S/C17H20N2O2/c1-4-21-17-16(6-5-11-18-17)15-9-7-14(8-10-15)12(2)19-13(3)20/h5-12H,4H2,1-3H3,(H,19,20)/t12-/m0/s1. The van der Waals surface area contributed by atoms with Gasteiger partial charge in [0.2, 0.25) is 11.8 Å². The van der Waals surface area contributed by atoms with E-state index in [1.807, 2.05) is 50.2 Å². The van der Waals surface area contributed by atoms with Crippen LogP contribution in [0.2, 0.25) is 0 Å². The Morgan fingerprint density at radius 2 is 2.00 bits per heavy atom. The van der Waals surface area contributed by atoms with Crippen molar-refractivity contribution in [3.63, 3.8) is 0 Å². The van der Waals surface area contributed by atoms with Crippen LogP contribution < -0.4 is 10.1 Å². The molecule has 1 N–H and O–H groups in total. The number of nitrogens with one attached hydrogen (secondary N) is 1. The number of nitrogens with zero attached hydrogens (tertiary/aromatic N) is 1. The van der Waals surface area contributed by atoms with Gasteiger partial charge >= 0.3 is 0 Å². The van der Waals surface area contributed by atoms with E-state index in [4.69, 9.17) is 4.74 Å². The summed E-state index contributed by atoms with van der Waals surface area (Å²) in [6.07, 6.45) is 1.72. The molecule has 1 amide bonds. The second kappa shape index (κ2) is 6.88. The van der Waals surface area contributed by atoms with E-state index in [2.05, 4.69) is 10.3 Å². The van der Waals surface area contributed by atoms with E-state index in [0.29, 0.717) is 12.5 Å². The fourth-order valence-corrected chi connectivity index (χ4v) is 2.20. The summed E-state index contributed by atoms with van der Waals surface area (Å²) in [6, 6.07) is 11.9. The molecule has 1 aromatic carbocycles. The molecule has 0 saturated heterocycles. The Hall–Kier alpha value is -2.36. The molecule has 21 heavy (non-hydrogen) atoms. The Kier molecular flexibility index (Phi) is 4.93. The first-order chi connectivity index (χ1) is 10.1. The molecule has 110 valence electrons. The lowest BCUT2D eigenvalue weighted by Gasteiger charge is -2.14. The van der Waals surface area contributed by atoms with Gasteiger partial charge in [-0.15, -0.1) is 0 Å². The molecule has 0 spiro atoms. The molecule has 4 heteroatoms. The second-order valence-corrected chi connectivity index (χ2v) is 4.83. The smallest absolute Gasteiger partial charge is 0.221 e. The molecule has 0 bridgehead atoms. The third-order valence-electron chi connectivity index (χ3n) is 3.19. The van der Waals surface area contributed by atoms with E-state index < -0.39 is 0 Å². The highest BCUT2D eigenvalue weighted by molar-refractivity contribution is 5.73. The first-order valence-corrected chi connectivity index (χ1v) is 7.07. The van der Waals surface area contributed by atoms with E-state index in [1.165, 1.54) is 6.92 Å². The molecule has 0 fully saturated rings. The molecule has 2 rings (SSSR count). The van der Waals surface area contributed by atoms with Crippen LogP contribution in [0.15, 0.2) is 42.6 Å². The molecule has 0 aliphatic carbocycles. The van der Waals surface area contributed by atoms with Crippen LogP contribution in [-0.2, 0) is 4.79 Å². The van der Waals surface area contributed by atoms with Crippen molar-refractivity contribution in [3.05, 3.63) is 48.2 Å². The van der Waals surface area contributed by atoms with Crippen LogP contribution in [0, 0.1) is 0 Å². The van der Waals surface area contributed by atoms with Gasteiger partial charge in [0.1, 0.15) is 0 Å². The monoisotopic (exact) mass is 284 g/mol. The predicted molar refractivity (Wildman–Crippen MR) is 83.1 cm³/mol. The van der Waals surface area contributed by atoms with Crippen LogP contribution in [0.25, 0.3) is 11.1 Å². The number of amides is 1. The average molecular weight is 284 g/mol. The summed E-state index contributed by atoms with van der Waals surface area (Å²) in [5, 5.41) is 2.87. The fourth-order valence-electron chi connectivity index (χ4n) is 2.20. The van der Waals surface area contributed by atoms with Gasteiger partial charge in [-0.1, -0.05) is 24.3 Å². The molecular weight excluding hydrogens is 264 g/mol. The van der Waals surface area contributed by atoms with Gasteiger partial charge in [0.15, 0.2) is 0 Å². The number of hydrogen-bond acceptors (Lipinski definition) is 3. The highest BCUT2D eigenvalue weighted by Crippen LogP contribution is 2.28. The first kappa shape index (κ1) is 15.0. The molecule has 0 radical (unpaired) electrons. The van der Waals surface area contributed by atoms with Gasteiger partial charge in [-0.2, -0.15) is 0 Å². The zero-order chi connectivity index (χ0) is 15.2. The quantitative estimate of drug-likeness (QED) is 0.916. The van der Waals surface area contributed by atoms with Crippen molar-refractivity contribution in [1.82, 2.24) is 10.3 Å². The number of carbonyl (C=O) groups excluding carboxylic acids is 1. The maximum Gasteiger partial charge on any atom is 0.221 e. The van der Waals surface area contributed by atoms with Gasteiger partial charge in [-0.25, -0.2) is 4.98 Å². The van der Waals surface area contributed by atoms with E-state index >= 15 is 0 Å². The van der Waals surface area contributed by atoms with Crippen molar-refractivity contribution in [2.24, 2.45) is 0 Å². The first-order valence-electron chi connectivity index (χ1n) is 7.07. The molecular formula is C17H20N2O2. The van der Waals surface area contributed by atoms with Gasteiger partial charge in [0.05, 0.1) is 12.6 Å². The fraction of sp³-hybridized carbons (Fsp3) is 0.294. The number of rotatable bonds is 5. The van der Waals surface area contributed by atoms with Crippen LogP contribution >= 0.6 is 0 Å². The van der Waals surface area contributed by atoms with Gasteiger partial charge in [0.25, 0.3) is 0 Å². The lowest BCUT2D eigenvalue weighted by molar-refractivity contribution is -0.119. The minimum Gasteiger partial charge on any atom is -0.478 e. The van der Waals surface area contributed by atoms with Crippen LogP contribution in [0.1, 0.15) is 32.4 Å². The summed E-state index contributed by atoms with van der Waals surface area (Å²) in [5.74, 6) is 0.611. The van der Waals surface area contributed by atoms with Gasteiger partial charge < -0.3 is 10.1 Å². The third kappa shape index (κ3) is 3.81. The van der Waals surface area contributed by atoms with Crippen molar-refractivity contribution in [2.45, 2.75) is 26.8 Å². The molecule has 2 aromatic rings. The summed E-state index contributed by atoms with van der Waals surface area (Å²) in [5.41, 5.74) is 3.08. The van der Waals surface area contributed by atoms with E-state index in [0.717, 1.165) is 16.7 Å². The number of carbonyl (C=O) groups is 1. The Labute approximate surface area is 125 Å². The van der Waals surface area contributed by atoms with Crippen LogP contribution in [0.3, 0.4) is 0 Å². The van der Waals surface area contributed by atoms with Crippen LogP contribution in [-0.4, -0.2) is 17.5 Å². The topological polar surface area (TPSA) is 51.2 Å². The van der Waals surface area contributed by atoms with Crippen molar-refractivity contribution in [1.29, 1.82) is 0 Å². The molecule has 0 unspecified atom stereocenters. The lowest BCUT2D eigenvalue weighted by atomic mass is 10.0. The predicted octanol–water partition coefficient (Wildman–Crippen LogP) is 3.34. The van der Waals surface area contributed by atoms with Crippen LogP contribution in [0.4, 0.5) is 0 Å². The van der Waals surface area contributed by atoms with Gasteiger partial charge in [0, 0.05) is 18.7 Å². The van der Waals surface area contributed by atoms with Crippen molar-refractivity contribution >= 4 is 5.91 Å². The number of ether oxygens (including phenoxy) is 1. The molecule has 1 heterocycles.